The molecule has 1 aliphatic carbocycles. The Kier molecular flexibility index (Phi) is 6.07. The molecule has 2 aliphatic rings. The van der Waals surface area contributed by atoms with E-state index in [9.17, 15) is 9.90 Å². The van der Waals surface area contributed by atoms with Crippen LogP contribution in [0.1, 0.15) is 37.7 Å². The van der Waals surface area contributed by atoms with Crippen molar-refractivity contribution in [1.29, 1.82) is 0 Å². The van der Waals surface area contributed by atoms with Crippen LogP contribution in [0.25, 0.3) is 0 Å². The molecule has 1 aromatic carbocycles. The zero-order valence-electron chi connectivity index (χ0n) is 15.2. The van der Waals surface area contributed by atoms with Crippen LogP contribution in [0.4, 0.5) is 4.79 Å². The second-order valence-electron chi connectivity index (χ2n) is 7.39. The Labute approximate surface area is 174 Å². The molecule has 2 fully saturated rings. The highest BCUT2D eigenvalue weighted by atomic mass is 35.6. The van der Waals surface area contributed by atoms with Crippen LogP contribution in [0, 0.1) is 0 Å². The van der Waals surface area contributed by atoms with Crippen LogP contribution in [0.2, 0.25) is 0 Å². The minimum Gasteiger partial charge on any atom is -0.497 e. The SMILES string of the molecule is COc1cccc(C23CCCCC2(O)CN(C(=O)OCC(Cl)(Cl)Cl)CC3)c1. The van der Waals surface area contributed by atoms with Gasteiger partial charge in [-0.2, -0.15) is 0 Å². The van der Waals surface area contributed by atoms with Crippen molar-refractivity contribution in [1.82, 2.24) is 4.90 Å². The molecule has 0 aromatic heterocycles. The molecular formula is C19H24Cl3NO4. The van der Waals surface area contributed by atoms with Gasteiger partial charge in [0.25, 0.3) is 0 Å². The summed E-state index contributed by atoms with van der Waals surface area (Å²) < 4.78 is 8.83. The Hall–Kier alpha value is -0.880. The van der Waals surface area contributed by atoms with Crippen molar-refractivity contribution < 1.29 is 19.4 Å². The van der Waals surface area contributed by atoms with Gasteiger partial charge in [-0.05, 0) is 37.0 Å². The highest BCUT2D eigenvalue weighted by Crippen LogP contribution is 2.52. The maximum atomic E-state index is 12.4. The Morgan fingerprint density at radius 1 is 1.26 bits per heavy atom. The van der Waals surface area contributed by atoms with E-state index in [0.29, 0.717) is 19.4 Å². The van der Waals surface area contributed by atoms with Gasteiger partial charge in [0.15, 0.2) is 0 Å². The number of hydrogen-bond donors (Lipinski definition) is 1. The predicted molar refractivity (Wildman–Crippen MR) is 106 cm³/mol. The number of benzene rings is 1. The second kappa shape index (κ2) is 7.86. The van der Waals surface area contributed by atoms with Crippen LogP contribution in [-0.4, -0.2) is 52.3 Å². The Balaban J connectivity index is 1.83. The van der Waals surface area contributed by atoms with Crippen LogP contribution in [0.15, 0.2) is 24.3 Å². The van der Waals surface area contributed by atoms with Crippen molar-refractivity contribution in [3.05, 3.63) is 29.8 Å². The second-order valence-corrected chi connectivity index (χ2v) is 9.91. The molecule has 1 aliphatic heterocycles. The quantitative estimate of drug-likeness (QED) is 0.711. The molecule has 1 aromatic rings. The van der Waals surface area contributed by atoms with Gasteiger partial charge in [0, 0.05) is 12.0 Å². The van der Waals surface area contributed by atoms with E-state index in [4.69, 9.17) is 44.3 Å². The molecule has 0 spiro atoms. The number of ether oxygens (including phenoxy) is 2. The molecule has 3 rings (SSSR count). The van der Waals surface area contributed by atoms with Crippen molar-refractivity contribution >= 4 is 40.9 Å². The lowest BCUT2D eigenvalue weighted by Crippen LogP contribution is -2.65. The van der Waals surface area contributed by atoms with E-state index >= 15 is 0 Å². The third-order valence-electron chi connectivity index (χ3n) is 5.84. The molecule has 2 atom stereocenters. The average molecular weight is 437 g/mol. The zero-order valence-corrected chi connectivity index (χ0v) is 17.5. The van der Waals surface area contributed by atoms with Gasteiger partial charge in [0.05, 0.1) is 19.3 Å². The summed E-state index contributed by atoms with van der Waals surface area (Å²) in [6.07, 6.45) is 3.52. The molecule has 1 heterocycles. The molecule has 1 N–H and O–H groups in total. The average Bonchev–Trinajstić information content (AvgIpc) is 2.64. The summed E-state index contributed by atoms with van der Waals surface area (Å²) in [5.74, 6) is 0.763. The Morgan fingerprint density at radius 2 is 2.00 bits per heavy atom. The van der Waals surface area contributed by atoms with Crippen molar-refractivity contribution in [3.63, 3.8) is 0 Å². The number of carbonyl (C=O) groups is 1. The number of hydrogen-bond acceptors (Lipinski definition) is 4. The van der Waals surface area contributed by atoms with Crippen LogP contribution >= 0.6 is 34.8 Å². The largest absolute Gasteiger partial charge is 0.497 e. The maximum Gasteiger partial charge on any atom is 0.410 e. The number of amides is 1. The molecule has 0 radical (unpaired) electrons. The van der Waals surface area contributed by atoms with E-state index in [-0.39, 0.29) is 13.2 Å². The van der Waals surface area contributed by atoms with Gasteiger partial charge >= 0.3 is 6.09 Å². The van der Waals surface area contributed by atoms with Crippen molar-refractivity contribution in [3.8, 4) is 5.75 Å². The van der Waals surface area contributed by atoms with Crippen LogP contribution in [0.5, 0.6) is 5.75 Å². The molecule has 5 nitrogen and oxygen atoms in total. The summed E-state index contributed by atoms with van der Waals surface area (Å²) in [5.41, 5.74) is -0.390. The first-order valence-corrected chi connectivity index (χ1v) is 10.2. The molecule has 1 amide bonds. The summed E-state index contributed by atoms with van der Waals surface area (Å²) in [6.45, 7) is 0.341. The summed E-state index contributed by atoms with van der Waals surface area (Å²) in [7, 11) is 1.63. The van der Waals surface area contributed by atoms with Crippen LogP contribution in [-0.2, 0) is 10.2 Å². The third kappa shape index (κ3) is 4.26. The molecule has 27 heavy (non-hydrogen) atoms. The van der Waals surface area contributed by atoms with Crippen molar-refractivity contribution in [2.75, 3.05) is 26.8 Å². The predicted octanol–water partition coefficient (Wildman–Crippen LogP) is 4.45. The number of rotatable bonds is 3. The van der Waals surface area contributed by atoms with Gasteiger partial charge in [-0.15, -0.1) is 0 Å². The van der Waals surface area contributed by atoms with E-state index in [1.165, 1.54) is 4.90 Å². The van der Waals surface area contributed by atoms with E-state index in [1.807, 2.05) is 24.3 Å². The minimum absolute atomic E-state index is 0.197. The number of fused-ring (bicyclic) bond motifs is 1. The standard InChI is InChI=1S/C19H24Cl3NO4/c1-26-15-6-4-5-14(11-15)17-7-2-3-8-18(17,25)12-23(10-9-17)16(24)27-13-19(20,21)22/h4-6,11,25H,2-3,7-10,12-13H2,1H3. The minimum atomic E-state index is -1.66. The Morgan fingerprint density at radius 3 is 2.70 bits per heavy atom. The number of carbonyl (C=O) groups excluding carboxylic acids is 1. The van der Waals surface area contributed by atoms with E-state index in [0.717, 1.165) is 30.6 Å². The van der Waals surface area contributed by atoms with Gasteiger partial charge in [-0.25, -0.2) is 4.79 Å². The summed E-state index contributed by atoms with van der Waals surface area (Å²) in [4.78, 5) is 13.9. The highest BCUT2D eigenvalue weighted by Gasteiger charge is 2.56. The smallest absolute Gasteiger partial charge is 0.410 e. The van der Waals surface area contributed by atoms with Crippen molar-refractivity contribution in [2.45, 2.75) is 46.9 Å². The van der Waals surface area contributed by atoms with Gasteiger partial charge < -0.3 is 19.5 Å². The molecule has 8 heteroatoms. The first kappa shape index (κ1) is 20.8. The number of alkyl halides is 3. The molecular weight excluding hydrogens is 413 g/mol. The van der Waals surface area contributed by atoms with Crippen LogP contribution < -0.4 is 4.74 Å². The summed E-state index contributed by atoms with van der Waals surface area (Å²) in [5, 5.41) is 11.6. The lowest BCUT2D eigenvalue weighted by molar-refractivity contribution is -0.116. The molecule has 1 saturated heterocycles. The number of methoxy groups -OCH3 is 1. The van der Waals surface area contributed by atoms with Gasteiger partial charge in [-0.1, -0.05) is 59.8 Å². The molecule has 0 bridgehead atoms. The number of nitrogens with zero attached hydrogens (tertiary/aromatic N) is 1. The number of halogens is 3. The fourth-order valence-corrected chi connectivity index (χ4v) is 4.66. The fourth-order valence-electron chi connectivity index (χ4n) is 4.49. The summed E-state index contributed by atoms with van der Waals surface area (Å²) in [6, 6.07) is 7.87. The fraction of sp³-hybridized carbons (Fsp3) is 0.632. The monoisotopic (exact) mass is 435 g/mol. The first-order valence-electron chi connectivity index (χ1n) is 9.05. The number of β-amino-alcohol motifs (C(OH)–C–C–N with tert-alkyl or cyclic N) is 1. The zero-order chi connectivity index (χ0) is 19.7. The topological polar surface area (TPSA) is 59.0 Å². The van der Waals surface area contributed by atoms with Crippen LogP contribution in [0.3, 0.4) is 0 Å². The molecule has 2 unspecified atom stereocenters. The maximum absolute atomic E-state index is 12.4. The van der Waals surface area contributed by atoms with Gasteiger partial charge in [0.1, 0.15) is 12.4 Å². The van der Waals surface area contributed by atoms with Gasteiger partial charge in [-0.3, -0.25) is 0 Å². The van der Waals surface area contributed by atoms with Crippen molar-refractivity contribution in [2.24, 2.45) is 0 Å². The normalized spacial score (nSPS) is 28.4. The first-order chi connectivity index (χ1) is 12.7. The summed E-state index contributed by atoms with van der Waals surface area (Å²) >= 11 is 17.0. The number of likely N-dealkylation sites (tertiary alicyclic amines) is 1. The molecule has 1 saturated carbocycles. The Bertz CT molecular complexity index is 696. The lowest BCUT2D eigenvalue weighted by atomic mass is 9.56. The highest BCUT2D eigenvalue weighted by molar-refractivity contribution is 6.67. The van der Waals surface area contributed by atoms with E-state index in [2.05, 4.69) is 0 Å². The lowest BCUT2D eigenvalue weighted by Gasteiger charge is -2.56. The number of piperidine rings is 1. The van der Waals surface area contributed by atoms with E-state index in [1.54, 1.807) is 7.11 Å². The van der Waals surface area contributed by atoms with Gasteiger partial charge in [0.2, 0.25) is 3.79 Å². The third-order valence-corrected chi connectivity index (χ3v) is 6.16. The van der Waals surface area contributed by atoms with E-state index < -0.39 is 20.9 Å². The number of aliphatic hydroxyl groups is 1. The molecule has 150 valence electrons.